The van der Waals surface area contributed by atoms with Crippen molar-refractivity contribution in [3.8, 4) is 11.1 Å². The highest BCUT2D eigenvalue weighted by Gasteiger charge is 2.30. The maximum atomic E-state index is 13.6. The number of hydrogen-bond acceptors (Lipinski definition) is 6. The van der Waals surface area contributed by atoms with E-state index in [-0.39, 0.29) is 4.90 Å². The molecule has 0 spiro atoms. The Balaban J connectivity index is 1.28. The third-order valence-corrected chi connectivity index (χ3v) is 10.4. The van der Waals surface area contributed by atoms with E-state index in [4.69, 9.17) is 4.98 Å². The summed E-state index contributed by atoms with van der Waals surface area (Å²) >= 11 is 0. The first-order valence-corrected chi connectivity index (χ1v) is 15.5. The van der Waals surface area contributed by atoms with Crippen molar-refractivity contribution in [2.75, 3.05) is 26.2 Å². The summed E-state index contributed by atoms with van der Waals surface area (Å²) in [5.74, 6) is 0.436. The molecule has 0 radical (unpaired) electrons. The Morgan fingerprint density at radius 2 is 1.64 bits per heavy atom. The zero-order valence-electron chi connectivity index (χ0n) is 23.1. The van der Waals surface area contributed by atoms with Crippen LogP contribution in [0.3, 0.4) is 0 Å². The summed E-state index contributed by atoms with van der Waals surface area (Å²) in [7, 11) is -1.93. The van der Waals surface area contributed by atoms with Crippen LogP contribution in [0.2, 0.25) is 0 Å². The van der Waals surface area contributed by atoms with Crippen LogP contribution in [-0.2, 0) is 17.1 Å². The normalized spacial score (nSPS) is 21.6. The minimum Gasteiger partial charge on any atom is -0.298 e. The molecule has 8 nitrogen and oxygen atoms in total. The molecular weight excluding hydrogens is 508 g/mol. The molecule has 1 saturated carbocycles. The summed E-state index contributed by atoms with van der Waals surface area (Å²) < 4.78 is 30.3. The first-order valence-electron chi connectivity index (χ1n) is 14.1. The molecule has 0 unspecified atom stereocenters. The SMILES string of the molecule is CC(C)N1CCN(C2CCC(c3cnc4c(c3)c(-c3cnn(C)c3)cn4S(=O)(=O)c3ccccc3)CC2)CC1. The molecule has 0 atom stereocenters. The highest BCUT2D eigenvalue weighted by Crippen LogP contribution is 2.38. The fourth-order valence-electron chi connectivity index (χ4n) is 6.39. The van der Waals surface area contributed by atoms with Crippen LogP contribution in [0.5, 0.6) is 0 Å². The molecule has 2 fully saturated rings. The Morgan fingerprint density at radius 1 is 0.923 bits per heavy atom. The van der Waals surface area contributed by atoms with Gasteiger partial charge in [0.2, 0.25) is 0 Å². The van der Waals surface area contributed by atoms with Gasteiger partial charge in [-0.25, -0.2) is 17.4 Å². The van der Waals surface area contributed by atoms with E-state index in [9.17, 15) is 8.42 Å². The first-order chi connectivity index (χ1) is 18.8. The van der Waals surface area contributed by atoms with Crippen LogP contribution >= 0.6 is 0 Å². The lowest BCUT2D eigenvalue weighted by atomic mass is 9.81. The smallest absolute Gasteiger partial charge is 0.269 e. The Hall–Kier alpha value is -3.01. The predicted molar refractivity (Wildman–Crippen MR) is 154 cm³/mol. The van der Waals surface area contributed by atoms with Gasteiger partial charge >= 0.3 is 0 Å². The predicted octanol–water partition coefficient (Wildman–Crippen LogP) is 4.73. The van der Waals surface area contributed by atoms with Gasteiger partial charge in [-0.2, -0.15) is 5.10 Å². The number of aryl methyl sites for hydroxylation is 1. The summed E-state index contributed by atoms with van der Waals surface area (Å²) in [6, 6.07) is 12.0. The number of pyridine rings is 1. The molecule has 39 heavy (non-hydrogen) atoms. The van der Waals surface area contributed by atoms with Crippen molar-refractivity contribution in [3.05, 3.63) is 66.7 Å². The molecule has 9 heteroatoms. The second-order valence-electron chi connectivity index (χ2n) is 11.4. The van der Waals surface area contributed by atoms with Crippen molar-refractivity contribution in [2.24, 2.45) is 7.05 Å². The number of nitrogens with zero attached hydrogens (tertiary/aromatic N) is 6. The zero-order valence-corrected chi connectivity index (χ0v) is 23.9. The fraction of sp³-hybridized carbons (Fsp3) is 0.467. The van der Waals surface area contributed by atoms with Gasteiger partial charge in [0.25, 0.3) is 10.0 Å². The maximum absolute atomic E-state index is 13.6. The summed E-state index contributed by atoms with van der Waals surface area (Å²) in [5, 5.41) is 5.19. The lowest BCUT2D eigenvalue weighted by Crippen LogP contribution is -2.52. The van der Waals surface area contributed by atoms with Gasteiger partial charge in [-0.1, -0.05) is 18.2 Å². The van der Waals surface area contributed by atoms with Crippen molar-refractivity contribution in [1.82, 2.24) is 28.5 Å². The van der Waals surface area contributed by atoms with Crippen molar-refractivity contribution in [3.63, 3.8) is 0 Å². The van der Waals surface area contributed by atoms with E-state index < -0.39 is 10.0 Å². The average Bonchev–Trinajstić information content (AvgIpc) is 3.57. The van der Waals surface area contributed by atoms with Gasteiger partial charge in [0.05, 0.1) is 11.1 Å². The largest absolute Gasteiger partial charge is 0.298 e. The van der Waals surface area contributed by atoms with E-state index in [1.54, 1.807) is 41.3 Å². The Kier molecular flexibility index (Phi) is 7.07. The summed E-state index contributed by atoms with van der Waals surface area (Å²) in [5.41, 5.74) is 3.38. The second kappa shape index (κ2) is 10.5. The highest BCUT2D eigenvalue weighted by molar-refractivity contribution is 7.90. The van der Waals surface area contributed by atoms with Gasteiger partial charge in [-0.3, -0.25) is 14.5 Å². The topological polar surface area (TPSA) is 76.3 Å². The van der Waals surface area contributed by atoms with Gasteiger partial charge in [0.1, 0.15) is 0 Å². The van der Waals surface area contributed by atoms with E-state index >= 15 is 0 Å². The molecule has 0 N–H and O–H groups in total. The second-order valence-corrected chi connectivity index (χ2v) is 13.2. The van der Waals surface area contributed by atoms with Crippen LogP contribution in [0, 0.1) is 0 Å². The van der Waals surface area contributed by atoms with Gasteiger partial charge in [0.15, 0.2) is 5.65 Å². The molecule has 4 heterocycles. The van der Waals surface area contributed by atoms with Crippen LogP contribution in [0.4, 0.5) is 0 Å². The molecule has 206 valence electrons. The minimum absolute atomic E-state index is 0.248. The van der Waals surface area contributed by atoms with E-state index in [0.717, 1.165) is 42.4 Å². The average molecular weight is 547 g/mol. The quantitative estimate of drug-likeness (QED) is 0.348. The number of rotatable bonds is 6. The van der Waals surface area contributed by atoms with Crippen LogP contribution in [0.25, 0.3) is 22.2 Å². The van der Waals surface area contributed by atoms with Crippen LogP contribution in [-0.4, -0.2) is 75.2 Å². The molecule has 0 amide bonds. The van der Waals surface area contributed by atoms with Crippen LogP contribution in [0.15, 0.2) is 66.1 Å². The minimum atomic E-state index is -3.79. The standard InChI is InChI=1S/C30H38N6O2S/c1-22(2)34-13-15-35(16-14-34)26-11-9-23(10-12-26)24-17-28-29(25-19-32-33(3)20-25)21-36(30(28)31-18-24)39(37,38)27-7-5-4-6-8-27/h4-8,17-23,26H,9-16H2,1-3H3. The van der Waals surface area contributed by atoms with Crippen molar-refractivity contribution >= 4 is 21.1 Å². The van der Waals surface area contributed by atoms with E-state index in [1.807, 2.05) is 25.5 Å². The molecule has 1 aromatic carbocycles. The molecule has 1 aliphatic carbocycles. The number of hydrogen-bond donors (Lipinski definition) is 0. The number of benzene rings is 1. The van der Waals surface area contributed by atoms with Crippen molar-refractivity contribution in [2.45, 2.75) is 62.4 Å². The van der Waals surface area contributed by atoms with Gasteiger partial charge in [0, 0.05) is 80.4 Å². The lowest BCUT2D eigenvalue weighted by molar-refractivity contribution is 0.0620. The monoisotopic (exact) mass is 546 g/mol. The number of aromatic nitrogens is 4. The van der Waals surface area contributed by atoms with Gasteiger partial charge in [-0.15, -0.1) is 0 Å². The van der Waals surface area contributed by atoms with Crippen LogP contribution in [0.1, 0.15) is 51.0 Å². The van der Waals surface area contributed by atoms with Crippen LogP contribution < -0.4 is 0 Å². The summed E-state index contributed by atoms with van der Waals surface area (Å²) in [4.78, 5) is 10.3. The van der Waals surface area contributed by atoms with Gasteiger partial charge < -0.3 is 0 Å². The summed E-state index contributed by atoms with van der Waals surface area (Å²) in [6.45, 7) is 9.24. The third kappa shape index (κ3) is 5.03. The molecular formula is C30H38N6O2S. The van der Waals surface area contributed by atoms with E-state index in [0.29, 0.717) is 23.6 Å². The van der Waals surface area contributed by atoms with Gasteiger partial charge in [-0.05, 0) is 69.2 Å². The fourth-order valence-corrected chi connectivity index (χ4v) is 7.74. The molecule has 6 rings (SSSR count). The molecule has 2 aliphatic rings. The highest BCUT2D eigenvalue weighted by atomic mass is 32.2. The number of fused-ring (bicyclic) bond motifs is 1. The Morgan fingerprint density at radius 3 is 2.28 bits per heavy atom. The molecule has 3 aromatic heterocycles. The first kappa shape index (κ1) is 26.2. The Bertz CT molecular complexity index is 1540. The lowest BCUT2D eigenvalue weighted by Gasteiger charge is -2.43. The number of piperazine rings is 1. The molecule has 1 aliphatic heterocycles. The molecule has 1 saturated heterocycles. The molecule has 0 bridgehead atoms. The maximum Gasteiger partial charge on any atom is 0.269 e. The van der Waals surface area contributed by atoms with Crippen molar-refractivity contribution in [1.29, 1.82) is 0 Å². The third-order valence-electron chi connectivity index (χ3n) is 8.71. The zero-order chi connectivity index (χ0) is 27.1. The molecule has 4 aromatic rings. The van der Waals surface area contributed by atoms with Crippen molar-refractivity contribution < 1.29 is 8.42 Å². The van der Waals surface area contributed by atoms with E-state index in [2.05, 4.69) is 34.8 Å². The Labute approximate surface area is 231 Å². The summed E-state index contributed by atoms with van der Waals surface area (Å²) in [6.07, 6.45) is 12.0. The van der Waals surface area contributed by atoms with E-state index in [1.165, 1.54) is 35.5 Å².